The van der Waals surface area contributed by atoms with Crippen molar-refractivity contribution in [2.45, 2.75) is 26.7 Å². The highest BCUT2D eigenvalue weighted by Gasteiger charge is 2.25. The summed E-state index contributed by atoms with van der Waals surface area (Å²) in [4.78, 5) is 31.4. The van der Waals surface area contributed by atoms with Crippen LogP contribution in [0.4, 0.5) is 11.4 Å². The zero-order valence-electron chi connectivity index (χ0n) is 16.6. The topological polar surface area (TPSA) is 62.3 Å². The number of nitrogens with zero attached hydrogens (tertiary/aromatic N) is 2. The molecule has 0 spiro atoms. The molecule has 0 saturated carbocycles. The van der Waals surface area contributed by atoms with E-state index < -0.39 is 0 Å². The standard InChI is InChI=1S/C24H23N3O2/c1-16-6-8-21(17(2)13-16)24(29)26-20-7-9-22-18(14-20)10-12-27(22)23(28)15-19-5-3-4-11-25-19/h3-9,11,13-14H,10,12,15H2,1-2H3,(H,26,29). The Labute approximate surface area is 170 Å². The maximum Gasteiger partial charge on any atom is 0.255 e. The first-order chi connectivity index (χ1) is 14.0. The molecule has 0 unspecified atom stereocenters. The third-order valence-electron chi connectivity index (χ3n) is 5.22. The predicted molar refractivity (Wildman–Crippen MR) is 114 cm³/mol. The molecule has 146 valence electrons. The molecule has 0 radical (unpaired) electrons. The first-order valence-electron chi connectivity index (χ1n) is 9.73. The molecule has 2 aromatic carbocycles. The van der Waals surface area contributed by atoms with Crippen LogP contribution in [0.5, 0.6) is 0 Å². The molecule has 2 amide bonds. The van der Waals surface area contributed by atoms with Gasteiger partial charge in [0.1, 0.15) is 0 Å². The van der Waals surface area contributed by atoms with E-state index in [9.17, 15) is 9.59 Å². The van der Waals surface area contributed by atoms with Crippen molar-refractivity contribution in [2.24, 2.45) is 0 Å². The molecule has 0 atom stereocenters. The number of rotatable bonds is 4. The van der Waals surface area contributed by atoms with Gasteiger partial charge in [-0.1, -0.05) is 23.8 Å². The van der Waals surface area contributed by atoms with Crippen molar-refractivity contribution >= 4 is 23.2 Å². The second kappa shape index (κ2) is 7.87. The van der Waals surface area contributed by atoms with Gasteiger partial charge in [-0.25, -0.2) is 0 Å². The minimum absolute atomic E-state index is 0.0366. The van der Waals surface area contributed by atoms with Gasteiger partial charge < -0.3 is 10.2 Å². The Kier molecular flexibility index (Phi) is 5.12. The SMILES string of the molecule is Cc1ccc(C(=O)Nc2ccc3c(c2)CCN3C(=O)Cc2ccccn2)c(C)c1. The van der Waals surface area contributed by atoms with Gasteiger partial charge in [0.05, 0.1) is 6.42 Å². The lowest BCUT2D eigenvalue weighted by Crippen LogP contribution is -2.30. The van der Waals surface area contributed by atoms with Crippen molar-refractivity contribution in [3.05, 3.63) is 88.7 Å². The number of carbonyl (C=O) groups excluding carboxylic acids is 2. The third-order valence-corrected chi connectivity index (χ3v) is 5.22. The number of carbonyl (C=O) groups is 2. The van der Waals surface area contributed by atoms with Crippen LogP contribution in [0.25, 0.3) is 0 Å². The van der Waals surface area contributed by atoms with E-state index in [1.165, 1.54) is 0 Å². The highest BCUT2D eigenvalue weighted by atomic mass is 16.2. The zero-order valence-corrected chi connectivity index (χ0v) is 16.6. The Morgan fingerprint density at radius 1 is 1.07 bits per heavy atom. The summed E-state index contributed by atoms with van der Waals surface area (Å²) >= 11 is 0. The van der Waals surface area contributed by atoms with Crippen molar-refractivity contribution in [1.29, 1.82) is 0 Å². The van der Waals surface area contributed by atoms with Crippen LogP contribution in [0.1, 0.15) is 32.7 Å². The Balaban J connectivity index is 1.48. The second-order valence-electron chi connectivity index (χ2n) is 7.41. The number of nitrogens with one attached hydrogen (secondary N) is 1. The third kappa shape index (κ3) is 4.04. The van der Waals surface area contributed by atoms with Gasteiger partial charge in [-0.15, -0.1) is 0 Å². The number of amides is 2. The number of benzene rings is 2. The van der Waals surface area contributed by atoms with Crippen molar-refractivity contribution in [3.8, 4) is 0 Å². The van der Waals surface area contributed by atoms with Gasteiger partial charge in [0.2, 0.25) is 5.91 Å². The molecule has 4 rings (SSSR count). The largest absolute Gasteiger partial charge is 0.322 e. The van der Waals surface area contributed by atoms with Crippen LogP contribution in [-0.4, -0.2) is 23.3 Å². The van der Waals surface area contributed by atoms with Crippen LogP contribution in [0, 0.1) is 13.8 Å². The van der Waals surface area contributed by atoms with E-state index in [1.54, 1.807) is 11.1 Å². The molecule has 1 aliphatic rings. The average Bonchev–Trinajstić information content (AvgIpc) is 3.12. The number of pyridine rings is 1. The summed E-state index contributed by atoms with van der Waals surface area (Å²) in [5.74, 6) is -0.0851. The fourth-order valence-electron chi connectivity index (χ4n) is 3.76. The van der Waals surface area contributed by atoms with Crippen molar-refractivity contribution in [2.75, 3.05) is 16.8 Å². The number of hydrogen-bond donors (Lipinski definition) is 1. The predicted octanol–water partition coefficient (Wildman–Crippen LogP) is 4.08. The molecule has 0 fully saturated rings. The summed E-state index contributed by atoms with van der Waals surface area (Å²) in [6, 6.07) is 17.1. The monoisotopic (exact) mass is 385 g/mol. The van der Waals surface area contributed by atoms with E-state index in [2.05, 4.69) is 10.3 Å². The summed E-state index contributed by atoms with van der Waals surface area (Å²) in [5, 5.41) is 2.98. The molecular formula is C24H23N3O2. The summed E-state index contributed by atoms with van der Waals surface area (Å²) < 4.78 is 0. The summed E-state index contributed by atoms with van der Waals surface area (Å²) in [6.07, 6.45) is 2.76. The maximum atomic E-state index is 12.7. The van der Waals surface area contributed by atoms with Gasteiger partial charge in [-0.3, -0.25) is 14.6 Å². The zero-order chi connectivity index (χ0) is 20.4. The molecule has 1 aliphatic heterocycles. The molecule has 5 heteroatoms. The van der Waals surface area contributed by atoms with Crippen LogP contribution in [0.2, 0.25) is 0 Å². The van der Waals surface area contributed by atoms with Gasteiger partial charge in [-0.2, -0.15) is 0 Å². The average molecular weight is 385 g/mol. The molecule has 0 bridgehead atoms. The van der Waals surface area contributed by atoms with Gasteiger partial charge in [0.25, 0.3) is 5.91 Å². The minimum Gasteiger partial charge on any atom is -0.322 e. The fraction of sp³-hybridized carbons (Fsp3) is 0.208. The first-order valence-corrected chi connectivity index (χ1v) is 9.73. The molecule has 3 aromatic rings. The molecule has 5 nitrogen and oxygen atoms in total. The van der Waals surface area contributed by atoms with E-state index in [-0.39, 0.29) is 18.2 Å². The molecule has 0 saturated heterocycles. The highest BCUT2D eigenvalue weighted by molar-refractivity contribution is 6.05. The van der Waals surface area contributed by atoms with E-state index >= 15 is 0 Å². The van der Waals surface area contributed by atoms with Crippen LogP contribution >= 0.6 is 0 Å². The quantitative estimate of drug-likeness (QED) is 0.736. The molecule has 0 aliphatic carbocycles. The summed E-state index contributed by atoms with van der Waals surface area (Å²) in [6.45, 7) is 4.60. The van der Waals surface area contributed by atoms with E-state index in [1.807, 2.05) is 68.4 Å². The van der Waals surface area contributed by atoms with Crippen molar-refractivity contribution in [3.63, 3.8) is 0 Å². The maximum absolute atomic E-state index is 12.7. The van der Waals surface area contributed by atoms with Crippen LogP contribution in [-0.2, 0) is 17.6 Å². The summed E-state index contributed by atoms with van der Waals surface area (Å²) in [5.41, 5.74) is 6.24. The van der Waals surface area contributed by atoms with Gasteiger partial charge in [0, 0.05) is 35.4 Å². The van der Waals surface area contributed by atoms with Crippen LogP contribution < -0.4 is 10.2 Å². The number of aromatic nitrogens is 1. The van der Waals surface area contributed by atoms with Gasteiger partial charge >= 0.3 is 0 Å². The van der Waals surface area contributed by atoms with Crippen LogP contribution in [0.3, 0.4) is 0 Å². The van der Waals surface area contributed by atoms with Gasteiger partial charge in [0.15, 0.2) is 0 Å². The smallest absolute Gasteiger partial charge is 0.255 e. The van der Waals surface area contributed by atoms with E-state index in [0.717, 1.165) is 40.2 Å². The number of anilines is 2. The lowest BCUT2D eigenvalue weighted by Gasteiger charge is -2.17. The Hall–Kier alpha value is -3.47. The number of hydrogen-bond acceptors (Lipinski definition) is 3. The molecule has 1 aromatic heterocycles. The van der Waals surface area contributed by atoms with Crippen LogP contribution in [0.15, 0.2) is 60.8 Å². The highest BCUT2D eigenvalue weighted by Crippen LogP contribution is 2.31. The lowest BCUT2D eigenvalue weighted by molar-refractivity contribution is -0.117. The van der Waals surface area contributed by atoms with Crippen molar-refractivity contribution in [1.82, 2.24) is 4.98 Å². The van der Waals surface area contributed by atoms with E-state index in [0.29, 0.717) is 12.1 Å². The Morgan fingerprint density at radius 2 is 1.93 bits per heavy atom. The molecule has 2 heterocycles. The molecule has 29 heavy (non-hydrogen) atoms. The number of fused-ring (bicyclic) bond motifs is 1. The number of aryl methyl sites for hydroxylation is 2. The van der Waals surface area contributed by atoms with E-state index in [4.69, 9.17) is 0 Å². The Bertz CT molecular complexity index is 1080. The van der Waals surface area contributed by atoms with Crippen molar-refractivity contribution < 1.29 is 9.59 Å². The van der Waals surface area contributed by atoms with Gasteiger partial charge in [-0.05, 0) is 67.8 Å². The summed E-state index contributed by atoms with van der Waals surface area (Å²) in [7, 11) is 0. The normalized spacial score (nSPS) is 12.6. The molecule has 1 N–H and O–H groups in total. The Morgan fingerprint density at radius 3 is 2.69 bits per heavy atom. The second-order valence-corrected chi connectivity index (χ2v) is 7.41. The molecular weight excluding hydrogens is 362 g/mol. The first kappa shape index (κ1) is 18.9. The fourth-order valence-corrected chi connectivity index (χ4v) is 3.76. The minimum atomic E-state index is -0.122. The lowest BCUT2D eigenvalue weighted by atomic mass is 10.0.